The Morgan fingerprint density at radius 3 is 2.43 bits per heavy atom. The van der Waals surface area contributed by atoms with Crippen molar-refractivity contribution in [2.75, 3.05) is 5.75 Å². The van der Waals surface area contributed by atoms with Crippen molar-refractivity contribution in [3.05, 3.63) is 64.4 Å². The molecule has 0 bridgehead atoms. The number of carbonyl (C=O) groups excluding carboxylic acids is 1. The van der Waals surface area contributed by atoms with Gasteiger partial charge in [-0.1, -0.05) is 40.2 Å². The highest BCUT2D eigenvalue weighted by Crippen LogP contribution is 2.15. The summed E-state index contributed by atoms with van der Waals surface area (Å²) in [6, 6.07) is 13.1. The number of rotatable bonds is 6. The number of Topliss-reactive ketones (excluding diaryl/α,β-unsaturated/α-hetero) is 1. The summed E-state index contributed by atoms with van der Waals surface area (Å²) in [5.41, 5.74) is 0.634. The minimum Gasteiger partial charge on any atom is -0.294 e. The van der Waals surface area contributed by atoms with E-state index in [2.05, 4.69) is 15.9 Å². The lowest BCUT2D eigenvalue weighted by molar-refractivity contribution is 0.0982. The van der Waals surface area contributed by atoms with Gasteiger partial charge in [0, 0.05) is 22.2 Å². The average Bonchev–Trinajstić information content (AvgIpc) is 2.48. The van der Waals surface area contributed by atoms with E-state index in [4.69, 9.17) is 0 Å². The van der Waals surface area contributed by atoms with Crippen LogP contribution >= 0.6 is 15.9 Å². The molecule has 0 saturated carbocycles. The van der Waals surface area contributed by atoms with Gasteiger partial charge in [0.1, 0.15) is 5.82 Å². The molecule has 2 aromatic carbocycles. The molecule has 0 aromatic heterocycles. The Labute approximate surface area is 134 Å². The zero-order valence-corrected chi connectivity index (χ0v) is 13.6. The lowest BCUT2D eigenvalue weighted by Crippen LogP contribution is -2.05. The minimum absolute atomic E-state index is 0.00744. The molecule has 0 heterocycles. The Morgan fingerprint density at radius 2 is 1.76 bits per heavy atom. The Bertz CT molecular complexity index is 656. The molecule has 0 fully saturated rings. The predicted octanol–water partition coefficient (Wildman–Crippen LogP) is 4.36. The zero-order chi connectivity index (χ0) is 15.2. The molecule has 2 aromatic rings. The molecule has 0 N–H and O–H groups in total. The smallest absolute Gasteiger partial charge is 0.162 e. The fourth-order valence-corrected chi connectivity index (χ4v) is 3.29. The molecular formula is C16H14BrFO2S. The van der Waals surface area contributed by atoms with Crippen LogP contribution in [-0.2, 0) is 10.8 Å². The fourth-order valence-electron chi connectivity index (χ4n) is 1.88. The van der Waals surface area contributed by atoms with Crippen molar-refractivity contribution >= 4 is 32.5 Å². The highest BCUT2D eigenvalue weighted by atomic mass is 79.9. The predicted molar refractivity (Wildman–Crippen MR) is 85.4 cm³/mol. The van der Waals surface area contributed by atoms with Gasteiger partial charge in [0.25, 0.3) is 0 Å². The minimum atomic E-state index is -1.41. The Hall–Kier alpha value is -1.33. The molecule has 0 spiro atoms. The van der Waals surface area contributed by atoms with Crippen LogP contribution in [0.3, 0.4) is 0 Å². The van der Waals surface area contributed by atoms with E-state index in [1.54, 1.807) is 24.3 Å². The van der Waals surface area contributed by atoms with Crippen LogP contribution in [0.25, 0.3) is 0 Å². The van der Waals surface area contributed by atoms with Crippen molar-refractivity contribution in [1.29, 1.82) is 0 Å². The molecule has 0 saturated heterocycles. The van der Waals surface area contributed by atoms with Gasteiger partial charge >= 0.3 is 0 Å². The van der Waals surface area contributed by atoms with E-state index in [9.17, 15) is 13.4 Å². The van der Waals surface area contributed by atoms with E-state index in [1.165, 1.54) is 12.1 Å². The highest BCUT2D eigenvalue weighted by molar-refractivity contribution is 9.10. The Kier molecular flexibility index (Phi) is 5.82. The van der Waals surface area contributed by atoms with Crippen molar-refractivity contribution in [3.8, 4) is 0 Å². The van der Waals surface area contributed by atoms with Crippen LogP contribution in [0.5, 0.6) is 0 Å². The van der Waals surface area contributed by atoms with Gasteiger partial charge in [0.2, 0.25) is 0 Å². The average molecular weight is 369 g/mol. The van der Waals surface area contributed by atoms with Gasteiger partial charge in [-0.05, 0) is 30.7 Å². The summed E-state index contributed by atoms with van der Waals surface area (Å²) < 4.78 is 26.4. The van der Waals surface area contributed by atoms with Crippen LogP contribution in [0.15, 0.2) is 57.9 Å². The van der Waals surface area contributed by atoms with Crippen molar-refractivity contribution in [2.45, 2.75) is 17.7 Å². The van der Waals surface area contributed by atoms with Crippen molar-refractivity contribution in [3.63, 3.8) is 0 Å². The molecule has 1 atom stereocenters. The zero-order valence-electron chi connectivity index (χ0n) is 11.2. The molecule has 21 heavy (non-hydrogen) atoms. The van der Waals surface area contributed by atoms with Gasteiger partial charge in [-0.15, -0.1) is 0 Å². The molecule has 110 valence electrons. The molecule has 2 rings (SSSR count). The van der Waals surface area contributed by atoms with E-state index in [1.807, 2.05) is 12.1 Å². The highest BCUT2D eigenvalue weighted by Gasteiger charge is 2.11. The summed E-state index contributed by atoms with van der Waals surface area (Å²) in [6.07, 6.45) is 0.775. The standard InChI is InChI=1S/C16H14BrFO2S/c17-13-9-7-12(8-10-13)15(19)5-3-11-21(20)16-6-2-1-4-14(16)18/h1-2,4,6-10H,3,5,11H2. The summed E-state index contributed by atoms with van der Waals surface area (Å²) in [5.74, 6) is -0.175. The van der Waals surface area contributed by atoms with Crippen LogP contribution in [0.4, 0.5) is 4.39 Å². The van der Waals surface area contributed by atoms with Crippen LogP contribution in [0, 0.1) is 5.82 Å². The van der Waals surface area contributed by atoms with Crippen molar-refractivity contribution in [2.24, 2.45) is 0 Å². The fraction of sp³-hybridized carbons (Fsp3) is 0.188. The second-order valence-electron chi connectivity index (χ2n) is 4.51. The second-order valence-corrected chi connectivity index (χ2v) is 6.97. The molecule has 0 radical (unpaired) electrons. The van der Waals surface area contributed by atoms with E-state index in [0.29, 0.717) is 18.4 Å². The molecule has 0 aliphatic heterocycles. The first-order valence-corrected chi connectivity index (χ1v) is 8.61. The normalized spacial score (nSPS) is 12.1. The van der Waals surface area contributed by atoms with Crippen molar-refractivity contribution < 1.29 is 13.4 Å². The first-order chi connectivity index (χ1) is 10.1. The Balaban J connectivity index is 1.87. The van der Waals surface area contributed by atoms with Crippen LogP contribution in [0.1, 0.15) is 23.2 Å². The molecule has 0 aliphatic rings. The lowest BCUT2D eigenvalue weighted by Gasteiger charge is -2.04. The quantitative estimate of drug-likeness (QED) is 0.709. The van der Waals surface area contributed by atoms with Crippen LogP contribution in [-0.4, -0.2) is 15.7 Å². The van der Waals surface area contributed by atoms with Crippen LogP contribution in [0.2, 0.25) is 0 Å². The topological polar surface area (TPSA) is 34.1 Å². The number of hydrogen-bond acceptors (Lipinski definition) is 2. The maximum Gasteiger partial charge on any atom is 0.162 e. The van der Waals surface area contributed by atoms with Crippen molar-refractivity contribution in [1.82, 2.24) is 0 Å². The SMILES string of the molecule is O=C(CCCS(=O)c1ccccc1F)c1ccc(Br)cc1. The van der Waals surface area contributed by atoms with Gasteiger partial charge in [-0.2, -0.15) is 0 Å². The summed E-state index contributed by atoms with van der Waals surface area (Å²) in [5, 5.41) is 0. The number of ketones is 1. The van der Waals surface area contributed by atoms with Gasteiger partial charge in [-0.3, -0.25) is 9.00 Å². The maximum atomic E-state index is 13.5. The van der Waals surface area contributed by atoms with Gasteiger partial charge < -0.3 is 0 Å². The first-order valence-electron chi connectivity index (χ1n) is 6.49. The van der Waals surface area contributed by atoms with Crippen LogP contribution < -0.4 is 0 Å². The molecule has 0 aliphatic carbocycles. The second kappa shape index (κ2) is 7.61. The van der Waals surface area contributed by atoms with E-state index < -0.39 is 16.6 Å². The van der Waals surface area contributed by atoms with E-state index >= 15 is 0 Å². The molecular weight excluding hydrogens is 355 g/mol. The molecule has 5 heteroatoms. The number of carbonyl (C=O) groups is 1. The molecule has 2 nitrogen and oxygen atoms in total. The summed E-state index contributed by atoms with van der Waals surface area (Å²) in [6.45, 7) is 0. The maximum absolute atomic E-state index is 13.5. The van der Waals surface area contributed by atoms with E-state index in [0.717, 1.165) is 4.47 Å². The summed E-state index contributed by atoms with van der Waals surface area (Å²) in [7, 11) is -1.41. The molecule has 0 amide bonds. The third-order valence-electron chi connectivity index (χ3n) is 2.98. The number of benzene rings is 2. The number of halogens is 2. The Morgan fingerprint density at radius 1 is 1.10 bits per heavy atom. The van der Waals surface area contributed by atoms with Gasteiger partial charge in [0.15, 0.2) is 5.78 Å². The lowest BCUT2D eigenvalue weighted by atomic mass is 10.1. The third-order valence-corrected chi connectivity index (χ3v) is 4.99. The number of hydrogen-bond donors (Lipinski definition) is 0. The molecule has 1 unspecified atom stereocenters. The first kappa shape index (κ1) is 16.0. The monoisotopic (exact) mass is 368 g/mol. The third kappa shape index (κ3) is 4.58. The van der Waals surface area contributed by atoms with Gasteiger partial charge in [0.05, 0.1) is 15.7 Å². The van der Waals surface area contributed by atoms with Gasteiger partial charge in [-0.25, -0.2) is 4.39 Å². The van der Waals surface area contributed by atoms with E-state index in [-0.39, 0.29) is 16.4 Å². The summed E-state index contributed by atoms with van der Waals surface area (Å²) in [4.78, 5) is 12.2. The largest absolute Gasteiger partial charge is 0.294 e. The summed E-state index contributed by atoms with van der Waals surface area (Å²) >= 11 is 3.31.